The van der Waals surface area contributed by atoms with Crippen molar-refractivity contribution in [1.29, 1.82) is 0 Å². The van der Waals surface area contributed by atoms with Gasteiger partial charge >= 0.3 is 11.9 Å². The Hall–Kier alpha value is -2.59. The minimum absolute atomic E-state index is 0.0346. The molecule has 9 atom stereocenters. The van der Waals surface area contributed by atoms with Crippen LogP contribution in [0.2, 0.25) is 0 Å². The molecule has 13 nitrogen and oxygen atoms in total. The van der Waals surface area contributed by atoms with Gasteiger partial charge in [0.2, 0.25) is 5.78 Å². The molecule has 0 aromatic heterocycles. The first-order valence-corrected chi connectivity index (χ1v) is 15.0. The molecular weight excluding hydrogens is 583 g/mol. The number of ketones is 2. The van der Waals surface area contributed by atoms with E-state index < -0.39 is 88.1 Å². The molecule has 4 aliphatic carbocycles. The molecule has 0 bridgehead atoms. The second-order valence-electron chi connectivity index (χ2n) is 13.0. The number of fused-ring (bicyclic) bond motifs is 5. The highest BCUT2D eigenvalue weighted by Crippen LogP contribution is 2.70. The molecule has 3 saturated carbocycles. The lowest BCUT2D eigenvalue weighted by Crippen LogP contribution is -2.69. The average Bonchev–Trinajstić information content (AvgIpc) is 3.15. The van der Waals surface area contributed by atoms with Gasteiger partial charge in [-0.15, -0.1) is 0 Å². The molecule has 4 rings (SSSR count). The molecule has 3 fully saturated rings. The summed E-state index contributed by atoms with van der Waals surface area (Å²) in [7, 11) is 0. The van der Waals surface area contributed by atoms with Crippen molar-refractivity contribution in [3.05, 3.63) is 23.8 Å². The highest BCUT2D eigenvalue weighted by Gasteiger charge is 2.75. The highest BCUT2D eigenvalue weighted by atomic mass is 19.1. The van der Waals surface area contributed by atoms with E-state index in [2.05, 4.69) is 4.84 Å². The van der Waals surface area contributed by atoms with E-state index in [-0.39, 0.29) is 25.4 Å². The zero-order chi connectivity index (χ0) is 32.7. The van der Waals surface area contributed by atoms with E-state index in [0.717, 1.165) is 0 Å². The van der Waals surface area contributed by atoms with Crippen LogP contribution in [-0.4, -0.2) is 92.8 Å². The predicted molar refractivity (Wildman–Crippen MR) is 148 cm³/mol. The molecule has 0 amide bonds. The van der Waals surface area contributed by atoms with Gasteiger partial charge in [-0.2, -0.15) is 0 Å². The van der Waals surface area contributed by atoms with Crippen LogP contribution in [-0.2, 0) is 33.5 Å². The van der Waals surface area contributed by atoms with Gasteiger partial charge < -0.3 is 25.4 Å². The van der Waals surface area contributed by atoms with Crippen molar-refractivity contribution in [2.75, 3.05) is 19.8 Å². The Labute approximate surface area is 254 Å². The first kappa shape index (κ1) is 34.3. The first-order valence-electron chi connectivity index (χ1n) is 15.0. The largest absolute Gasteiger partial charge is 0.465 e. The maximum Gasteiger partial charge on any atom is 0.323 e. The van der Waals surface area contributed by atoms with E-state index >= 15 is 4.39 Å². The summed E-state index contributed by atoms with van der Waals surface area (Å²) in [6.45, 7) is 4.17. The van der Waals surface area contributed by atoms with Gasteiger partial charge in [-0.3, -0.25) is 34.4 Å². The molecule has 0 radical (unpaired) electrons. The lowest BCUT2D eigenvalue weighted by Gasteiger charge is -2.62. The van der Waals surface area contributed by atoms with E-state index in [1.54, 1.807) is 20.8 Å². The predicted octanol–water partition coefficient (Wildman–Crippen LogP) is 1.50. The SMILES string of the molecule is C[C@H]1C[C@H]2[C@@H]3CCC4=CC(=O)C=C[C@]4(C)[C@@]3(F)[C@@H](O)C[C@]2(C)[C@@]1(O)C(=O)COC(=O)CC(N)C(=O)OCCCCON(O)O. The summed E-state index contributed by atoms with van der Waals surface area (Å²) < 4.78 is 27.4. The number of halogens is 1. The summed E-state index contributed by atoms with van der Waals surface area (Å²) in [5.41, 5.74) is -0.195. The summed E-state index contributed by atoms with van der Waals surface area (Å²) in [6, 6.07) is -1.36. The molecular formula is C30H43FN2O11. The average molecular weight is 627 g/mol. The number of unbranched alkanes of at least 4 members (excludes halogenated alkanes) is 1. The number of carbonyl (C=O) groups is 4. The summed E-state index contributed by atoms with van der Waals surface area (Å²) in [6.07, 6.45) is 3.75. The maximum absolute atomic E-state index is 17.3. The summed E-state index contributed by atoms with van der Waals surface area (Å²) >= 11 is 0. The maximum atomic E-state index is 17.3. The number of rotatable bonds is 12. The molecule has 0 aliphatic heterocycles. The number of hydrogen-bond acceptors (Lipinski definition) is 13. The van der Waals surface area contributed by atoms with Crippen LogP contribution in [0, 0.1) is 28.6 Å². The van der Waals surface area contributed by atoms with Crippen LogP contribution in [0.4, 0.5) is 4.39 Å². The van der Waals surface area contributed by atoms with Crippen LogP contribution in [0.15, 0.2) is 23.8 Å². The van der Waals surface area contributed by atoms with Crippen LogP contribution in [0.25, 0.3) is 0 Å². The van der Waals surface area contributed by atoms with Crippen molar-refractivity contribution in [2.24, 2.45) is 34.3 Å². The molecule has 246 valence electrons. The zero-order valence-corrected chi connectivity index (χ0v) is 25.2. The van der Waals surface area contributed by atoms with Crippen LogP contribution in [0.1, 0.15) is 65.7 Å². The monoisotopic (exact) mass is 626 g/mol. The molecule has 14 heteroatoms. The highest BCUT2D eigenvalue weighted by molar-refractivity contribution is 6.01. The summed E-state index contributed by atoms with van der Waals surface area (Å²) in [5.74, 6) is -4.64. The van der Waals surface area contributed by atoms with Crippen molar-refractivity contribution in [1.82, 2.24) is 5.39 Å². The lowest BCUT2D eigenvalue weighted by atomic mass is 9.44. The third-order valence-electron chi connectivity index (χ3n) is 10.7. The fourth-order valence-electron chi connectivity index (χ4n) is 8.35. The molecule has 0 spiro atoms. The van der Waals surface area contributed by atoms with Gasteiger partial charge in [-0.25, -0.2) is 4.39 Å². The third kappa shape index (κ3) is 5.65. The Balaban J connectivity index is 1.38. The Morgan fingerprint density at radius 1 is 1.16 bits per heavy atom. The van der Waals surface area contributed by atoms with Crippen LogP contribution >= 0.6 is 0 Å². The van der Waals surface area contributed by atoms with Crippen LogP contribution in [0.5, 0.6) is 0 Å². The molecule has 0 saturated heterocycles. The number of alkyl halides is 1. The molecule has 6 N–H and O–H groups in total. The fourth-order valence-corrected chi connectivity index (χ4v) is 8.35. The number of carbonyl (C=O) groups excluding carboxylic acids is 4. The topological polar surface area (TPSA) is 206 Å². The van der Waals surface area contributed by atoms with E-state index in [1.807, 2.05) is 0 Å². The number of ether oxygens (including phenoxy) is 2. The Morgan fingerprint density at radius 2 is 1.84 bits per heavy atom. The van der Waals surface area contributed by atoms with Gasteiger partial charge in [0.05, 0.1) is 31.1 Å². The van der Waals surface area contributed by atoms with Crippen molar-refractivity contribution < 1.29 is 58.5 Å². The number of hydrogen-bond donors (Lipinski definition) is 5. The quantitative estimate of drug-likeness (QED) is 0.118. The van der Waals surface area contributed by atoms with Crippen molar-refractivity contribution in [3.8, 4) is 0 Å². The molecule has 1 unspecified atom stereocenters. The molecule has 0 heterocycles. The van der Waals surface area contributed by atoms with E-state index in [4.69, 9.17) is 25.6 Å². The zero-order valence-electron chi connectivity index (χ0n) is 25.2. The second-order valence-corrected chi connectivity index (χ2v) is 13.0. The molecule has 0 aromatic rings. The number of aliphatic hydroxyl groups excluding tert-OH is 1. The minimum atomic E-state index is -2.11. The number of nitrogens with two attached hydrogens (primary N) is 1. The van der Waals surface area contributed by atoms with Gasteiger partial charge in [-0.05, 0) is 69.4 Å². The lowest BCUT2D eigenvalue weighted by molar-refractivity contribution is -0.492. The van der Waals surface area contributed by atoms with Gasteiger partial charge in [0.1, 0.15) is 11.6 Å². The number of esters is 2. The number of nitrogens with zero attached hydrogens (tertiary/aromatic N) is 1. The van der Waals surface area contributed by atoms with E-state index in [0.29, 0.717) is 37.7 Å². The van der Waals surface area contributed by atoms with E-state index in [1.165, 1.54) is 18.2 Å². The van der Waals surface area contributed by atoms with Crippen LogP contribution in [0.3, 0.4) is 0 Å². The van der Waals surface area contributed by atoms with E-state index in [9.17, 15) is 29.4 Å². The molecule has 4 aliphatic rings. The molecule has 0 aromatic carbocycles. The first-order chi connectivity index (χ1) is 20.5. The van der Waals surface area contributed by atoms with Gasteiger partial charge in [0.25, 0.3) is 0 Å². The van der Waals surface area contributed by atoms with Gasteiger partial charge in [0, 0.05) is 16.7 Å². The Morgan fingerprint density at radius 3 is 2.52 bits per heavy atom. The number of aliphatic hydroxyl groups is 2. The van der Waals surface area contributed by atoms with Gasteiger partial charge in [0.15, 0.2) is 18.1 Å². The Bertz CT molecular complexity index is 1230. The molecule has 44 heavy (non-hydrogen) atoms. The van der Waals surface area contributed by atoms with Gasteiger partial charge in [-0.1, -0.05) is 25.5 Å². The number of Topliss-reactive ketones (excluding diaryl/α,β-unsaturated/α-hetero) is 1. The van der Waals surface area contributed by atoms with Crippen molar-refractivity contribution in [3.63, 3.8) is 0 Å². The smallest absolute Gasteiger partial charge is 0.323 e. The number of allylic oxidation sites excluding steroid dienone is 4. The fraction of sp³-hybridized carbons (Fsp3) is 0.733. The van der Waals surface area contributed by atoms with Crippen molar-refractivity contribution >= 4 is 23.5 Å². The van der Waals surface area contributed by atoms with Crippen molar-refractivity contribution in [2.45, 2.75) is 89.1 Å². The summed E-state index contributed by atoms with van der Waals surface area (Å²) in [5, 5.41) is 39.9. The van der Waals surface area contributed by atoms with Crippen LogP contribution < -0.4 is 5.73 Å². The summed E-state index contributed by atoms with van der Waals surface area (Å²) in [4.78, 5) is 54.5. The third-order valence-corrected chi connectivity index (χ3v) is 10.7. The Kier molecular flexibility index (Phi) is 9.87. The normalized spacial score (nSPS) is 38.3. The minimum Gasteiger partial charge on any atom is -0.465 e. The standard InChI is InChI=1S/C30H43FN2O11/c1-17-12-21-20-7-6-18-13-19(34)8-9-27(18,2)29(20,31)23(35)15-28(21,3)30(17,39)24(36)16-43-25(37)14-22(32)26(38)42-10-4-5-11-44-33(40)41/h8-9,13,17,20-23,35,39-41H,4-7,10-12,14-16,32H2,1-3H3/t17-,20-,21-,22?,23-,27-,28-,29-,30-/m0/s1. The second kappa shape index (κ2) is 12.7.